The molecule has 0 spiro atoms. The highest BCUT2D eigenvalue weighted by atomic mass is 32.2. The van der Waals surface area contributed by atoms with Crippen LogP contribution in [0.2, 0.25) is 0 Å². The smallest absolute Gasteiger partial charge is 0.276 e. The maximum absolute atomic E-state index is 12.9. The van der Waals surface area contributed by atoms with Gasteiger partial charge in [-0.1, -0.05) is 42.5 Å². The molecule has 0 radical (unpaired) electrons. The third-order valence-corrected chi connectivity index (χ3v) is 6.40. The first kappa shape index (κ1) is 21.8. The van der Waals surface area contributed by atoms with Gasteiger partial charge in [-0.2, -0.15) is 0 Å². The molecule has 8 nitrogen and oxygen atoms in total. The SMILES string of the molecule is Cc1cccc(OCC(=O)NNC(=O)C(c2ccccc2)N2CCS(=O)(=O)CC2)c1. The van der Waals surface area contributed by atoms with Crippen molar-refractivity contribution in [3.05, 3.63) is 65.7 Å². The van der Waals surface area contributed by atoms with Crippen LogP contribution in [0.25, 0.3) is 0 Å². The second-order valence-corrected chi connectivity index (χ2v) is 9.45. The molecule has 0 saturated carbocycles. The van der Waals surface area contributed by atoms with Gasteiger partial charge in [0.15, 0.2) is 16.4 Å². The first-order valence-electron chi connectivity index (χ1n) is 9.62. The largest absolute Gasteiger partial charge is 0.484 e. The average Bonchev–Trinajstić information content (AvgIpc) is 2.73. The number of sulfone groups is 1. The summed E-state index contributed by atoms with van der Waals surface area (Å²) in [7, 11) is -3.08. The molecule has 0 aliphatic carbocycles. The minimum Gasteiger partial charge on any atom is -0.484 e. The summed E-state index contributed by atoms with van der Waals surface area (Å²) < 4.78 is 28.9. The predicted molar refractivity (Wildman–Crippen MR) is 112 cm³/mol. The number of aryl methyl sites for hydroxylation is 1. The lowest BCUT2D eigenvalue weighted by molar-refractivity contribution is -0.133. The maximum atomic E-state index is 12.9. The van der Waals surface area contributed by atoms with Gasteiger partial charge in [-0.15, -0.1) is 0 Å². The number of nitrogens with zero attached hydrogens (tertiary/aromatic N) is 1. The van der Waals surface area contributed by atoms with E-state index >= 15 is 0 Å². The number of amides is 2. The molecule has 2 N–H and O–H groups in total. The fraction of sp³-hybridized carbons (Fsp3) is 0.333. The standard InChI is InChI=1S/C21H25N3O5S/c1-16-6-5-9-18(14-16)29-15-19(25)22-23-21(26)20(17-7-3-2-4-8-17)24-10-12-30(27,28)13-11-24/h2-9,14,20H,10-13,15H2,1H3,(H,22,25)(H,23,26). The van der Waals surface area contributed by atoms with Crippen molar-refractivity contribution in [2.24, 2.45) is 0 Å². The lowest BCUT2D eigenvalue weighted by Gasteiger charge is -2.33. The highest BCUT2D eigenvalue weighted by Gasteiger charge is 2.32. The lowest BCUT2D eigenvalue weighted by Crippen LogP contribution is -2.52. The van der Waals surface area contributed by atoms with Gasteiger partial charge < -0.3 is 4.74 Å². The maximum Gasteiger partial charge on any atom is 0.276 e. The van der Waals surface area contributed by atoms with Crippen LogP contribution in [0.3, 0.4) is 0 Å². The Bertz CT molecular complexity index is 981. The van der Waals surface area contributed by atoms with Crippen LogP contribution in [0.5, 0.6) is 5.75 Å². The molecule has 1 aliphatic heterocycles. The summed E-state index contributed by atoms with van der Waals surface area (Å²) in [6.07, 6.45) is 0. The zero-order valence-corrected chi connectivity index (χ0v) is 17.5. The second-order valence-electron chi connectivity index (χ2n) is 7.14. The van der Waals surface area contributed by atoms with Gasteiger partial charge in [-0.05, 0) is 30.2 Å². The predicted octanol–water partition coefficient (Wildman–Crippen LogP) is 0.993. The molecule has 30 heavy (non-hydrogen) atoms. The van der Waals surface area contributed by atoms with Gasteiger partial charge in [0.25, 0.3) is 11.8 Å². The normalized spacial score (nSPS) is 17.0. The summed E-state index contributed by atoms with van der Waals surface area (Å²) in [6, 6.07) is 15.6. The molecule has 2 aromatic carbocycles. The van der Waals surface area contributed by atoms with E-state index in [1.165, 1.54) is 0 Å². The van der Waals surface area contributed by atoms with E-state index in [2.05, 4.69) is 10.9 Å². The van der Waals surface area contributed by atoms with E-state index in [4.69, 9.17) is 4.74 Å². The number of nitrogens with one attached hydrogen (secondary N) is 2. The van der Waals surface area contributed by atoms with Crippen molar-refractivity contribution < 1.29 is 22.7 Å². The molecule has 0 bridgehead atoms. The first-order valence-corrected chi connectivity index (χ1v) is 11.4. The highest BCUT2D eigenvalue weighted by molar-refractivity contribution is 7.91. The third-order valence-electron chi connectivity index (χ3n) is 4.79. The van der Waals surface area contributed by atoms with Crippen molar-refractivity contribution in [3.8, 4) is 5.75 Å². The molecular weight excluding hydrogens is 406 g/mol. The van der Waals surface area contributed by atoms with Crippen LogP contribution in [0, 0.1) is 6.92 Å². The molecule has 1 aliphatic rings. The molecule has 1 saturated heterocycles. The monoisotopic (exact) mass is 431 g/mol. The molecule has 0 aromatic heterocycles. The number of ether oxygens (including phenoxy) is 1. The van der Waals surface area contributed by atoms with E-state index in [9.17, 15) is 18.0 Å². The molecule has 1 heterocycles. The summed E-state index contributed by atoms with van der Waals surface area (Å²) in [5.41, 5.74) is 6.53. The summed E-state index contributed by atoms with van der Waals surface area (Å²) in [5.74, 6) is -0.379. The Balaban J connectivity index is 1.60. The summed E-state index contributed by atoms with van der Waals surface area (Å²) >= 11 is 0. The first-order chi connectivity index (χ1) is 14.3. The second kappa shape index (κ2) is 9.73. The van der Waals surface area contributed by atoms with E-state index in [1.54, 1.807) is 23.1 Å². The molecule has 2 amide bonds. The van der Waals surface area contributed by atoms with Crippen molar-refractivity contribution >= 4 is 21.7 Å². The van der Waals surface area contributed by atoms with Crippen LogP contribution >= 0.6 is 0 Å². The number of carbonyl (C=O) groups excluding carboxylic acids is 2. The average molecular weight is 432 g/mol. The van der Waals surface area contributed by atoms with Gasteiger partial charge in [0.2, 0.25) is 0 Å². The van der Waals surface area contributed by atoms with Crippen molar-refractivity contribution in [3.63, 3.8) is 0 Å². The van der Waals surface area contributed by atoms with E-state index in [1.807, 2.05) is 43.3 Å². The Morgan fingerprint density at radius 2 is 1.73 bits per heavy atom. The number of benzene rings is 2. The van der Waals surface area contributed by atoms with E-state index in [0.717, 1.165) is 11.1 Å². The Labute approximate surface area is 176 Å². The van der Waals surface area contributed by atoms with E-state index in [0.29, 0.717) is 5.75 Å². The van der Waals surface area contributed by atoms with Crippen LogP contribution in [-0.4, -0.2) is 56.3 Å². The van der Waals surface area contributed by atoms with Crippen LogP contribution in [-0.2, 0) is 19.4 Å². The molecule has 160 valence electrons. The number of rotatable bonds is 6. The fourth-order valence-electron chi connectivity index (χ4n) is 3.24. The Morgan fingerprint density at radius 1 is 1.03 bits per heavy atom. The topological polar surface area (TPSA) is 105 Å². The molecule has 1 unspecified atom stereocenters. The number of hydrogen-bond donors (Lipinski definition) is 2. The number of carbonyl (C=O) groups is 2. The minimum absolute atomic E-state index is 0.000303. The van der Waals surface area contributed by atoms with Crippen molar-refractivity contribution in [1.29, 1.82) is 0 Å². The Morgan fingerprint density at radius 3 is 2.40 bits per heavy atom. The zero-order chi connectivity index (χ0) is 21.6. The van der Waals surface area contributed by atoms with Crippen LogP contribution < -0.4 is 15.6 Å². The van der Waals surface area contributed by atoms with Gasteiger partial charge in [-0.3, -0.25) is 25.3 Å². The van der Waals surface area contributed by atoms with Gasteiger partial charge in [-0.25, -0.2) is 8.42 Å². The summed E-state index contributed by atoms with van der Waals surface area (Å²) in [5, 5.41) is 0. The quantitative estimate of drug-likeness (QED) is 0.661. The van der Waals surface area contributed by atoms with Crippen molar-refractivity contribution in [1.82, 2.24) is 15.8 Å². The molecule has 2 aromatic rings. The minimum atomic E-state index is -3.08. The Hall–Kier alpha value is -2.91. The van der Waals surface area contributed by atoms with Crippen LogP contribution in [0.1, 0.15) is 17.2 Å². The fourth-order valence-corrected chi connectivity index (χ4v) is 4.47. The summed E-state index contributed by atoms with van der Waals surface area (Å²) in [6.45, 7) is 2.17. The lowest BCUT2D eigenvalue weighted by atomic mass is 10.0. The summed E-state index contributed by atoms with van der Waals surface area (Å²) in [4.78, 5) is 26.8. The molecule has 1 fully saturated rings. The number of hydrazine groups is 1. The molecule has 3 rings (SSSR count). The van der Waals surface area contributed by atoms with Gasteiger partial charge in [0, 0.05) is 13.1 Å². The Kier molecular flexibility index (Phi) is 7.07. The van der Waals surface area contributed by atoms with Crippen LogP contribution in [0.15, 0.2) is 54.6 Å². The van der Waals surface area contributed by atoms with Crippen molar-refractivity contribution in [2.45, 2.75) is 13.0 Å². The number of hydrogen-bond acceptors (Lipinski definition) is 6. The van der Waals surface area contributed by atoms with E-state index < -0.39 is 27.7 Å². The molecule has 1 atom stereocenters. The van der Waals surface area contributed by atoms with Gasteiger partial charge >= 0.3 is 0 Å². The zero-order valence-electron chi connectivity index (χ0n) is 16.7. The van der Waals surface area contributed by atoms with E-state index in [-0.39, 0.29) is 31.2 Å². The van der Waals surface area contributed by atoms with Crippen molar-refractivity contribution in [2.75, 3.05) is 31.2 Å². The third kappa shape index (κ3) is 6.04. The molecular formula is C21H25N3O5S. The van der Waals surface area contributed by atoms with Gasteiger partial charge in [0.1, 0.15) is 11.8 Å². The highest BCUT2D eigenvalue weighted by Crippen LogP contribution is 2.23. The van der Waals surface area contributed by atoms with Crippen LogP contribution in [0.4, 0.5) is 0 Å². The van der Waals surface area contributed by atoms with Gasteiger partial charge in [0.05, 0.1) is 11.5 Å². The molecule has 9 heteroatoms.